The third-order valence-electron chi connectivity index (χ3n) is 3.44. The Labute approximate surface area is 126 Å². The fourth-order valence-electron chi connectivity index (χ4n) is 2.34. The van der Waals surface area contributed by atoms with E-state index in [4.69, 9.17) is 11.6 Å². The number of hydrogen-bond acceptors (Lipinski definition) is 2. The number of nitrogens with zero attached hydrogens (tertiary/aromatic N) is 2. The van der Waals surface area contributed by atoms with Crippen LogP contribution < -0.4 is 0 Å². The predicted molar refractivity (Wildman–Crippen MR) is 82.0 cm³/mol. The van der Waals surface area contributed by atoms with Crippen molar-refractivity contribution >= 4 is 23.2 Å². The number of aryl methyl sites for hydroxylation is 1. The van der Waals surface area contributed by atoms with Crippen LogP contribution in [0.1, 0.15) is 23.0 Å². The molecule has 0 unspecified atom stereocenters. The zero-order valence-corrected chi connectivity index (χ0v) is 12.1. The fraction of sp³-hybridized carbons (Fsp3) is 0.125. The number of benzene rings is 1. The summed E-state index contributed by atoms with van der Waals surface area (Å²) < 4.78 is 1.51. The van der Waals surface area contributed by atoms with Gasteiger partial charge in [0.2, 0.25) is 0 Å². The minimum Gasteiger partial charge on any atom is -0.476 e. The van der Waals surface area contributed by atoms with Crippen LogP contribution in [0, 0.1) is 0 Å². The van der Waals surface area contributed by atoms with E-state index in [0.717, 1.165) is 12.0 Å². The van der Waals surface area contributed by atoms with Gasteiger partial charge in [-0.25, -0.2) is 9.78 Å². The molecule has 21 heavy (non-hydrogen) atoms. The monoisotopic (exact) mass is 300 g/mol. The smallest absolute Gasteiger partial charge is 0.355 e. The van der Waals surface area contributed by atoms with Crippen molar-refractivity contribution in [1.82, 2.24) is 9.38 Å². The summed E-state index contributed by atoms with van der Waals surface area (Å²) in [5.74, 6) is -1.03. The first kappa shape index (κ1) is 13.6. The maximum atomic E-state index is 11.6. The SMILES string of the molecule is CCc1ccc(-c2nc3c(Cl)cccn3c2C(=O)O)cc1. The number of carboxylic acids is 1. The highest BCUT2D eigenvalue weighted by Crippen LogP contribution is 2.28. The predicted octanol–water partition coefficient (Wildman–Crippen LogP) is 3.92. The minimum atomic E-state index is -1.03. The fourth-order valence-corrected chi connectivity index (χ4v) is 2.54. The standard InChI is InChI=1S/C16H13ClN2O2/c1-2-10-5-7-11(8-6-10)13-14(16(20)21)19-9-3-4-12(17)15(19)18-13/h3-9H,2H2,1H3,(H,20,21). The third kappa shape index (κ3) is 2.28. The number of carboxylic acid groups (broad SMARTS) is 1. The molecule has 0 aliphatic rings. The van der Waals surface area contributed by atoms with E-state index in [-0.39, 0.29) is 5.69 Å². The van der Waals surface area contributed by atoms with Crippen LogP contribution in [0.5, 0.6) is 0 Å². The molecule has 5 heteroatoms. The molecule has 0 saturated heterocycles. The molecule has 0 aliphatic heterocycles. The quantitative estimate of drug-likeness (QED) is 0.797. The van der Waals surface area contributed by atoms with E-state index in [9.17, 15) is 9.90 Å². The Bertz CT molecular complexity index is 822. The van der Waals surface area contributed by atoms with E-state index in [2.05, 4.69) is 11.9 Å². The van der Waals surface area contributed by atoms with Crippen molar-refractivity contribution in [2.45, 2.75) is 13.3 Å². The van der Waals surface area contributed by atoms with Gasteiger partial charge in [-0.3, -0.25) is 4.40 Å². The molecule has 2 heterocycles. The van der Waals surface area contributed by atoms with Crippen molar-refractivity contribution in [3.05, 3.63) is 58.9 Å². The van der Waals surface area contributed by atoms with Crippen LogP contribution in [0.25, 0.3) is 16.9 Å². The summed E-state index contributed by atoms with van der Waals surface area (Å²) in [5.41, 5.74) is 2.96. The molecule has 0 radical (unpaired) electrons. The van der Waals surface area contributed by atoms with Crippen molar-refractivity contribution in [2.75, 3.05) is 0 Å². The number of pyridine rings is 1. The van der Waals surface area contributed by atoms with E-state index in [1.54, 1.807) is 18.3 Å². The van der Waals surface area contributed by atoms with Gasteiger partial charge in [0, 0.05) is 11.8 Å². The number of fused-ring (bicyclic) bond motifs is 1. The summed E-state index contributed by atoms with van der Waals surface area (Å²) in [6.45, 7) is 2.07. The zero-order valence-electron chi connectivity index (χ0n) is 11.4. The van der Waals surface area contributed by atoms with Gasteiger partial charge in [-0.15, -0.1) is 0 Å². The van der Waals surface area contributed by atoms with Crippen LogP contribution in [-0.2, 0) is 6.42 Å². The second-order valence-corrected chi connectivity index (χ2v) is 5.12. The molecule has 106 valence electrons. The molecule has 0 saturated carbocycles. The molecule has 1 aromatic carbocycles. The summed E-state index contributed by atoms with van der Waals surface area (Å²) in [4.78, 5) is 16.0. The average molecular weight is 301 g/mol. The van der Waals surface area contributed by atoms with Crippen molar-refractivity contribution in [3.8, 4) is 11.3 Å². The molecule has 0 bridgehead atoms. The largest absolute Gasteiger partial charge is 0.476 e. The van der Waals surface area contributed by atoms with E-state index >= 15 is 0 Å². The molecule has 3 rings (SSSR count). The van der Waals surface area contributed by atoms with Gasteiger partial charge in [-0.05, 0) is 24.1 Å². The minimum absolute atomic E-state index is 0.122. The number of aromatic carboxylic acids is 1. The van der Waals surface area contributed by atoms with Crippen molar-refractivity contribution in [3.63, 3.8) is 0 Å². The second kappa shape index (κ2) is 5.22. The van der Waals surface area contributed by atoms with E-state index in [1.165, 1.54) is 9.96 Å². The Morgan fingerprint density at radius 2 is 2.00 bits per heavy atom. The lowest BCUT2D eigenvalue weighted by Gasteiger charge is -2.02. The van der Waals surface area contributed by atoms with Crippen LogP contribution in [0.4, 0.5) is 0 Å². The van der Waals surface area contributed by atoms with Gasteiger partial charge in [-0.1, -0.05) is 42.8 Å². The summed E-state index contributed by atoms with van der Waals surface area (Å²) >= 11 is 6.11. The lowest BCUT2D eigenvalue weighted by Crippen LogP contribution is -2.03. The number of aromatic nitrogens is 2. The lowest BCUT2D eigenvalue weighted by atomic mass is 10.1. The van der Waals surface area contributed by atoms with Crippen molar-refractivity contribution in [2.24, 2.45) is 0 Å². The molecule has 0 atom stereocenters. The molecule has 2 aromatic heterocycles. The van der Waals surface area contributed by atoms with Crippen LogP contribution >= 0.6 is 11.6 Å². The number of rotatable bonds is 3. The first-order chi connectivity index (χ1) is 10.1. The Balaban J connectivity index is 2.28. The highest BCUT2D eigenvalue weighted by Gasteiger charge is 2.20. The van der Waals surface area contributed by atoms with Crippen LogP contribution in [-0.4, -0.2) is 20.5 Å². The maximum Gasteiger partial charge on any atom is 0.355 e. The number of halogens is 1. The Kier molecular flexibility index (Phi) is 3.39. The zero-order chi connectivity index (χ0) is 15.0. The normalized spacial score (nSPS) is 11.0. The summed E-state index contributed by atoms with van der Waals surface area (Å²) in [7, 11) is 0. The van der Waals surface area contributed by atoms with E-state index in [1.807, 2.05) is 24.3 Å². The molecule has 0 amide bonds. The molecule has 1 N–H and O–H groups in total. The van der Waals surface area contributed by atoms with Crippen molar-refractivity contribution in [1.29, 1.82) is 0 Å². The molecule has 4 nitrogen and oxygen atoms in total. The summed E-state index contributed by atoms with van der Waals surface area (Å²) in [6, 6.07) is 11.1. The van der Waals surface area contributed by atoms with E-state index < -0.39 is 5.97 Å². The number of carbonyl (C=O) groups is 1. The van der Waals surface area contributed by atoms with Gasteiger partial charge in [0.15, 0.2) is 11.3 Å². The highest BCUT2D eigenvalue weighted by molar-refractivity contribution is 6.33. The van der Waals surface area contributed by atoms with Gasteiger partial charge in [-0.2, -0.15) is 0 Å². The molecule has 0 fully saturated rings. The number of imidazole rings is 1. The van der Waals surface area contributed by atoms with Crippen LogP contribution in [0.2, 0.25) is 5.02 Å². The average Bonchev–Trinajstić information content (AvgIpc) is 2.88. The molecular weight excluding hydrogens is 288 g/mol. The topological polar surface area (TPSA) is 54.6 Å². The van der Waals surface area contributed by atoms with E-state index in [0.29, 0.717) is 16.4 Å². The molecule has 3 aromatic rings. The van der Waals surface area contributed by atoms with Crippen LogP contribution in [0.15, 0.2) is 42.6 Å². The van der Waals surface area contributed by atoms with Gasteiger partial charge in [0.25, 0.3) is 0 Å². The van der Waals surface area contributed by atoms with Gasteiger partial charge >= 0.3 is 5.97 Å². The maximum absolute atomic E-state index is 11.6. The first-order valence-electron chi connectivity index (χ1n) is 6.61. The summed E-state index contributed by atoms with van der Waals surface area (Å²) in [6.07, 6.45) is 2.59. The van der Waals surface area contributed by atoms with Gasteiger partial charge < -0.3 is 5.11 Å². The number of hydrogen-bond donors (Lipinski definition) is 1. The Hall–Kier alpha value is -2.33. The van der Waals surface area contributed by atoms with Crippen LogP contribution in [0.3, 0.4) is 0 Å². The molecular formula is C16H13ClN2O2. The second-order valence-electron chi connectivity index (χ2n) is 4.71. The Morgan fingerprint density at radius 1 is 1.29 bits per heavy atom. The third-order valence-corrected chi connectivity index (χ3v) is 3.74. The van der Waals surface area contributed by atoms with Crippen molar-refractivity contribution < 1.29 is 9.90 Å². The highest BCUT2D eigenvalue weighted by atomic mass is 35.5. The van der Waals surface area contributed by atoms with Gasteiger partial charge in [0.1, 0.15) is 5.69 Å². The summed E-state index contributed by atoms with van der Waals surface area (Å²) in [5, 5.41) is 9.93. The van der Waals surface area contributed by atoms with Gasteiger partial charge in [0.05, 0.1) is 5.02 Å². The first-order valence-corrected chi connectivity index (χ1v) is 6.98. The Morgan fingerprint density at radius 3 is 2.62 bits per heavy atom. The molecule has 0 aliphatic carbocycles. The molecule has 0 spiro atoms. The lowest BCUT2D eigenvalue weighted by molar-refractivity contribution is 0.0690.